The van der Waals surface area contributed by atoms with Gasteiger partial charge in [-0.3, -0.25) is 0 Å². The van der Waals surface area contributed by atoms with E-state index in [9.17, 15) is 0 Å². The van der Waals surface area contributed by atoms with Crippen molar-refractivity contribution < 1.29 is 4.74 Å². The minimum atomic E-state index is 0.261. The first kappa shape index (κ1) is 12.3. The van der Waals surface area contributed by atoms with Crippen LogP contribution in [0.3, 0.4) is 0 Å². The van der Waals surface area contributed by atoms with Gasteiger partial charge in [0, 0.05) is 30.9 Å². The summed E-state index contributed by atoms with van der Waals surface area (Å²) >= 11 is 0. The minimum Gasteiger partial charge on any atom is -0.375 e. The van der Waals surface area contributed by atoms with Gasteiger partial charge in [0.05, 0.1) is 12.7 Å². The number of hydrogen-bond donors (Lipinski definition) is 1. The second-order valence-corrected chi connectivity index (χ2v) is 4.71. The molecule has 2 rings (SSSR count). The molecular formula is C13H21N3O. The number of nitrogens with zero attached hydrogens (tertiary/aromatic N) is 2. The van der Waals surface area contributed by atoms with Crippen molar-refractivity contribution in [3.05, 3.63) is 22.9 Å². The van der Waals surface area contributed by atoms with Crippen LogP contribution in [0.4, 0.5) is 5.82 Å². The number of morpholine rings is 1. The normalized spacial score (nSPS) is 20.7. The van der Waals surface area contributed by atoms with E-state index in [1.807, 2.05) is 6.92 Å². The molecule has 1 unspecified atom stereocenters. The lowest BCUT2D eigenvalue weighted by molar-refractivity contribution is 0.0528. The molecule has 1 atom stereocenters. The summed E-state index contributed by atoms with van der Waals surface area (Å²) in [5.41, 5.74) is 9.28. The van der Waals surface area contributed by atoms with E-state index in [-0.39, 0.29) is 6.10 Å². The van der Waals surface area contributed by atoms with Crippen LogP contribution in [0.25, 0.3) is 0 Å². The highest BCUT2D eigenvalue weighted by Crippen LogP contribution is 2.23. The third kappa shape index (κ3) is 2.58. The monoisotopic (exact) mass is 235 g/mol. The van der Waals surface area contributed by atoms with E-state index < -0.39 is 0 Å². The SMILES string of the molecule is Cc1cc(C)c(CN)c(N2CCOC(C)C2)n1. The quantitative estimate of drug-likeness (QED) is 0.841. The van der Waals surface area contributed by atoms with Crippen molar-refractivity contribution in [1.29, 1.82) is 0 Å². The van der Waals surface area contributed by atoms with Crippen molar-refractivity contribution in [2.45, 2.75) is 33.4 Å². The molecule has 1 fully saturated rings. The molecular weight excluding hydrogens is 214 g/mol. The van der Waals surface area contributed by atoms with Crippen molar-refractivity contribution in [2.75, 3.05) is 24.6 Å². The number of anilines is 1. The Kier molecular flexibility index (Phi) is 3.64. The first-order chi connectivity index (χ1) is 8.11. The molecule has 1 saturated heterocycles. The number of hydrogen-bond acceptors (Lipinski definition) is 4. The van der Waals surface area contributed by atoms with Crippen molar-refractivity contribution in [3.63, 3.8) is 0 Å². The molecule has 2 heterocycles. The van der Waals surface area contributed by atoms with Gasteiger partial charge >= 0.3 is 0 Å². The average Bonchev–Trinajstić information content (AvgIpc) is 2.28. The lowest BCUT2D eigenvalue weighted by atomic mass is 10.1. The topological polar surface area (TPSA) is 51.4 Å². The smallest absolute Gasteiger partial charge is 0.133 e. The van der Waals surface area contributed by atoms with Gasteiger partial charge in [0.1, 0.15) is 5.82 Å². The molecule has 94 valence electrons. The van der Waals surface area contributed by atoms with Crippen LogP contribution in [-0.2, 0) is 11.3 Å². The van der Waals surface area contributed by atoms with Crippen LogP contribution in [-0.4, -0.2) is 30.8 Å². The first-order valence-corrected chi connectivity index (χ1v) is 6.15. The van der Waals surface area contributed by atoms with E-state index in [1.165, 1.54) is 5.56 Å². The maximum Gasteiger partial charge on any atom is 0.133 e. The maximum atomic E-state index is 5.84. The Morgan fingerprint density at radius 1 is 1.53 bits per heavy atom. The molecule has 1 aliphatic rings. The maximum absolute atomic E-state index is 5.84. The highest BCUT2D eigenvalue weighted by molar-refractivity contribution is 5.52. The van der Waals surface area contributed by atoms with E-state index in [0.717, 1.165) is 36.8 Å². The van der Waals surface area contributed by atoms with E-state index in [0.29, 0.717) is 6.54 Å². The van der Waals surface area contributed by atoms with Gasteiger partial charge in [0.15, 0.2) is 0 Å². The Hall–Kier alpha value is -1.13. The van der Waals surface area contributed by atoms with Gasteiger partial charge in [-0.05, 0) is 32.4 Å². The molecule has 1 aromatic heterocycles. The molecule has 0 saturated carbocycles. The predicted molar refractivity (Wildman–Crippen MR) is 69.2 cm³/mol. The zero-order valence-corrected chi connectivity index (χ0v) is 10.9. The average molecular weight is 235 g/mol. The van der Waals surface area contributed by atoms with Crippen molar-refractivity contribution in [1.82, 2.24) is 4.98 Å². The number of ether oxygens (including phenoxy) is 1. The van der Waals surface area contributed by atoms with Crippen molar-refractivity contribution >= 4 is 5.82 Å². The molecule has 1 aliphatic heterocycles. The fourth-order valence-corrected chi connectivity index (χ4v) is 2.37. The molecule has 17 heavy (non-hydrogen) atoms. The second kappa shape index (κ2) is 5.02. The van der Waals surface area contributed by atoms with Crippen LogP contribution < -0.4 is 10.6 Å². The van der Waals surface area contributed by atoms with Crippen molar-refractivity contribution in [2.24, 2.45) is 5.73 Å². The van der Waals surface area contributed by atoms with Gasteiger partial charge in [0.2, 0.25) is 0 Å². The summed E-state index contributed by atoms with van der Waals surface area (Å²) in [6.07, 6.45) is 0.261. The number of nitrogens with two attached hydrogens (primary N) is 1. The molecule has 0 aromatic carbocycles. The van der Waals surface area contributed by atoms with Gasteiger partial charge < -0.3 is 15.4 Å². The first-order valence-electron chi connectivity index (χ1n) is 6.15. The van der Waals surface area contributed by atoms with Crippen LogP contribution >= 0.6 is 0 Å². The van der Waals surface area contributed by atoms with Crippen LogP contribution in [0.2, 0.25) is 0 Å². The minimum absolute atomic E-state index is 0.261. The molecule has 1 aromatic rings. The summed E-state index contributed by atoms with van der Waals surface area (Å²) in [4.78, 5) is 6.94. The third-order valence-electron chi connectivity index (χ3n) is 3.20. The fourth-order valence-electron chi connectivity index (χ4n) is 2.37. The molecule has 0 radical (unpaired) electrons. The van der Waals surface area contributed by atoms with Crippen LogP contribution in [0, 0.1) is 13.8 Å². The summed E-state index contributed by atoms with van der Waals surface area (Å²) < 4.78 is 5.56. The summed E-state index contributed by atoms with van der Waals surface area (Å²) in [5.74, 6) is 1.04. The summed E-state index contributed by atoms with van der Waals surface area (Å²) in [6.45, 7) is 9.32. The van der Waals surface area contributed by atoms with Crippen molar-refractivity contribution in [3.8, 4) is 0 Å². The molecule has 0 bridgehead atoms. The highest BCUT2D eigenvalue weighted by Gasteiger charge is 2.21. The second-order valence-electron chi connectivity index (χ2n) is 4.71. The number of pyridine rings is 1. The Morgan fingerprint density at radius 2 is 2.29 bits per heavy atom. The Morgan fingerprint density at radius 3 is 2.94 bits per heavy atom. The zero-order chi connectivity index (χ0) is 12.4. The summed E-state index contributed by atoms with van der Waals surface area (Å²) in [6, 6.07) is 2.09. The molecule has 0 aliphatic carbocycles. The highest BCUT2D eigenvalue weighted by atomic mass is 16.5. The molecule has 4 nitrogen and oxygen atoms in total. The molecule has 0 spiro atoms. The molecule has 2 N–H and O–H groups in total. The largest absolute Gasteiger partial charge is 0.375 e. The number of rotatable bonds is 2. The summed E-state index contributed by atoms with van der Waals surface area (Å²) in [5, 5.41) is 0. The van der Waals surface area contributed by atoms with E-state index in [2.05, 4.69) is 29.8 Å². The third-order valence-corrected chi connectivity index (χ3v) is 3.20. The van der Waals surface area contributed by atoms with Gasteiger partial charge in [-0.25, -0.2) is 4.98 Å². The Bertz CT molecular complexity index is 406. The zero-order valence-electron chi connectivity index (χ0n) is 10.9. The Balaban J connectivity index is 2.35. The summed E-state index contributed by atoms with van der Waals surface area (Å²) in [7, 11) is 0. The lowest BCUT2D eigenvalue weighted by Crippen LogP contribution is -2.42. The number of aromatic nitrogens is 1. The van der Waals surface area contributed by atoms with Crippen LogP contribution in [0.1, 0.15) is 23.7 Å². The van der Waals surface area contributed by atoms with E-state index >= 15 is 0 Å². The van der Waals surface area contributed by atoms with Gasteiger partial charge in [-0.15, -0.1) is 0 Å². The standard InChI is InChI=1S/C13H21N3O/c1-9-6-10(2)15-13(12(9)7-14)16-4-5-17-11(3)8-16/h6,11H,4-5,7-8,14H2,1-3H3. The lowest BCUT2D eigenvalue weighted by Gasteiger charge is -2.33. The Labute approximate surface area is 103 Å². The molecule has 0 amide bonds. The predicted octanol–water partition coefficient (Wildman–Crippen LogP) is 1.38. The number of aryl methyl sites for hydroxylation is 2. The van der Waals surface area contributed by atoms with Gasteiger partial charge in [-0.2, -0.15) is 0 Å². The van der Waals surface area contributed by atoms with Crippen LogP contribution in [0.5, 0.6) is 0 Å². The fraction of sp³-hybridized carbons (Fsp3) is 0.615. The van der Waals surface area contributed by atoms with E-state index in [4.69, 9.17) is 10.5 Å². The van der Waals surface area contributed by atoms with Gasteiger partial charge in [-0.1, -0.05) is 0 Å². The molecule has 4 heteroatoms. The van der Waals surface area contributed by atoms with Crippen LogP contribution in [0.15, 0.2) is 6.07 Å². The van der Waals surface area contributed by atoms with Gasteiger partial charge in [0.25, 0.3) is 0 Å². The van der Waals surface area contributed by atoms with E-state index in [1.54, 1.807) is 0 Å².